The van der Waals surface area contributed by atoms with Gasteiger partial charge in [-0.05, 0) is 126 Å². The maximum Gasteiger partial charge on any atom is 0.178 e. The Hall–Kier alpha value is -8.40. The van der Waals surface area contributed by atoms with Crippen molar-refractivity contribution in [3.8, 4) is 45.3 Å². The lowest BCUT2D eigenvalue weighted by Crippen LogP contribution is -2.28. The standard InChI is InChI=1S/C61H39NO2/c1-4-16-40(17-5-1)41-28-30-44(31-29-41)62(45-32-34-51-49-24-11-10-22-47(49)48-23-12-13-25-50(48)53(51)38-45)46-33-35-52-55(39-46)61(42-18-6-2-7-19-42,43-20-8-3-9-21-43)54-36-37-58-60(59(52)54)64-57-27-15-14-26-56(57)63-58/h1-39H. The second-order valence-corrected chi connectivity index (χ2v) is 16.7. The third-order valence-electron chi connectivity index (χ3n) is 13.4. The molecule has 11 aromatic rings. The van der Waals surface area contributed by atoms with E-state index in [0.29, 0.717) is 17.2 Å². The molecule has 0 radical (unpaired) electrons. The third-order valence-corrected chi connectivity index (χ3v) is 13.4. The maximum atomic E-state index is 6.88. The number of hydrogen-bond donors (Lipinski definition) is 0. The Bertz CT molecular complexity index is 3530. The molecule has 0 unspecified atom stereocenters. The number of hydrogen-bond acceptors (Lipinski definition) is 3. The highest BCUT2D eigenvalue weighted by Gasteiger charge is 2.48. The number of para-hydroxylation sites is 2. The van der Waals surface area contributed by atoms with E-state index in [2.05, 4.69) is 217 Å². The fraction of sp³-hybridized carbons (Fsp3) is 0.0164. The summed E-state index contributed by atoms with van der Waals surface area (Å²) in [5.74, 6) is 2.87. The van der Waals surface area contributed by atoms with Crippen molar-refractivity contribution in [1.29, 1.82) is 0 Å². The van der Waals surface area contributed by atoms with Crippen LogP contribution in [0.2, 0.25) is 0 Å². The molecule has 1 aliphatic carbocycles. The first-order valence-electron chi connectivity index (χ1n) is 21.9. The number of ether oxygens (including phenoxy) is 2. The van der Waals surface area contributed by atoms with Crippen molar-refractivity contribution in [1.82, 2.24) is 0 Å². The Balaban J connectivity index is 1.08. The molecule has 11 aromatic carbocycles. The minimum absolute atomic E-state index is 0.681. The SMILES string of the molecule is c1ccc(-c2ccc(N(c3ccc4c(c3)C(c3ccccc3)(c3ccccc3)c3ccc5c(c3-4)Oc3ccccc3O5)c3ccc4c5ccccc5c5ccccc5c4c3)cc2)cc1. The van der Waals surface area contributed by atoms with E-state index < -0.39 is 5.41 Å². The smallest absolute Gasteiger partial charge is 0.178 e. The Morgan fingerprint density at radius 1 is 0.312 bits per heavy atom. The Labute approximate surface area is 371 Å². The van der Waals surface area contributed by atoms with Gasteiger partial charge in [-0.3, -0.25) is 0 Å². The fourth-order valence-electron chi connectivity index (χ4n) is 10.6. The van der Waals surface area contributed by atoms with Gasteiger partial charge in [-0.15, -0.1) is 0 Å². The number of anilines is 3. The normalized spacial score (nSPS) is 13.1. The van der Waals surface area contributed by atoms with Gasteiger partial charge in [0, 0.05) is 22.6 Å². The fourth-order valence-corrected chi connectivity index (χ4v) is 10.6. The van der Waals surface area contributed by atoms with Crippen LogP contribution in [0.15, 0.2) is 237 Å². The number of nitrogens with zero attached hydrogens (tertiary/aromatic N) is 1. The van der Waals surface area contributed by atoms with Crippen molar-refractivity contribution in [2.75, 3.05) is 4.90 Å². The van der Waals surface area contributed by atoms with Crippen LogP contribution in [0.25, 0.3) is 54.6 Å². The van der Waals surface area contributed by atoms with Crippen molar-refractivity contribution in [3.63, 3.8) is 0 Å². The van der Waals surface area contributed by atoms with Crippen molar-refractivity contribution in [3.05, 3.63) is 259 Å². The minimum Gasteiger partial charge on any atom is -0.449 e. The molecule has 0 saturated heterocycles. The number of fused-ring (bicyclic) bond motifs is 12. The summed E-state index contributed by atoms with van der Waals surface area (Å²) in [6.07, 6.45) is 0. The molecule has 1 heterocycles. The number of benzene rings is 11. The number of rotatable bonds is 6. The first kappa shape index (κ1) is 36.3. The van der Waals surface area contributed by atoms with E-state index in [9.17, 15) is 0 Å². The average molecular weight is 818 g/mol. The van der Waals surface area contributed by atoms with Crippen LogP contribution in [0.1, 0.15) is 22.3 Å². The average Bonchev–Trinajstić information content (AvgIpc) is 3.67. The van der Waals surface area contributed by atoms with Crippen LogP contribution < -0.4 is 14.4 Å². The van der Waals surface area contributed by atoms with Gasteiger partial charge in [0.2, 0.25) is 0 Å². The second kappa shape index (κ2) is 14.3. The van der Waals surface area contributed by atoms with Gasteiger partial charge < -0.3 is 14.4 Å². The molecule has 0 aromatic heterocycles. The molecule has 0 bridgehead atoms. The molecule has 0 saturated carbocycles. The van der Waals surface area contributed by atoms with E-state index in [1.807, 2.05) is 24.3 Å². The molecule has 13 rings (SSSR count). The van der Waals surface area contributed by atoms with Gasteiger partial charge in [0.1, 0.15) is 0 Å². The van der Waals surface area contributed by atoms with Crippen molar-refractivity contribution in [2.45, 2.75) is 5.41 Å². The monoisotopic (exact) mass is 817 g/mol. The largest absolute Gasteiger partial charge is 0.449 e. The summed E-state index contributed by atoms with van der Waals surface area (Å²) in [6, 6.07) is 85.3. The third kappa shape index (κ3) is 5.41. The Morgan fingerprint density at radius 3 is 1.44 bits per heavy atom. The summed E-state index contributed by atoms with van der Waals surface area (Å²) in [6.45, 7) is 0. The Morgan fingerprint density at radius 2 is 0.797 bits per heavy atom. The van der Waals surface area contributed by atoms with Crippen LogP contribution in [0.5, 0.6) is 23.0 Å². The lowest BCUT2D eigenvalue weighted by Gasteiger charge is -2.35. The molecule has 300 valence electrons. The van der Waals surface area contributed by atoms with Crippen LogP contribution in [-0.4, -0.2) is 0 Å². The van der Waals surface area contributed by atoms with Crippen molar-refractivity contribution < 1.29 is 9.47 Å². The summed E-state index contributed by atoms with van der Waals surface area (Å²) < 4.78 is 13.5. The Kier molecular flexibility index (Phi) is 8.13. The molecule has 0 fully saturated rings. The van der Waals surface area contributed by atoms with E-state index in [1.165, 1.54) is 60.1 Å². The van der Waals surface area contributed by atoms with Gasteiger partial charge >= 0.3 is 0 Å². The van der Waals surface area contributed by atoms with Crippen molar-refractivity contribution in [2.24, 2.45) is 0 Å². The van der Waals surface area contributed by atoms with E-state index in [1.54, 1.807) is 0 Å². The first-order chi connectivity index (χ1) is 31.7. The molecule has 2 aliphatic rings. The highest BCUT2D eigenvalue weighted by atomic mass is 16.6. The molecular formula is C61H39NO2. The zero-order valence-corrected chi connectivity index (χ0v) is 34.8. The summed E-state index contributed by atoms with van der Waals surface area (Å²) in [5.41, 5.74) is 11.7. The minimum atomic E-state index is -0.681. The molecular weight excluding hydrogens is 779 g/mol. The van der Waals surface area contributed by atoms with Crippen LogP contribution in [0.3, 0.4) is 0 Å². The highest BCUT2D eigenvalue weighted by Crippen LogP contribution is 2.63. The maximum absolute atomic E-state index is 6.88. The topological polar surface area (TPSA) is 21.7 Å². The zero-order valence-electron chi connectivity index (χ0n) is 34.8. The van der Waals surface area contributed by atoms with Crippen LogP contribution >= 0.6 is 0 Å². The van der Waals surface area contributed by atoms with Crippen molar-refractivity contribution >= 4 is 49.4 Å². The van der Waals surface area contributed by atoms with Crippen LogP contribution in [-0.2, 0) is 5.41 Å². The molecule has 0 amide bonds. The summed E-state index contributed by atoms with van der Waals surface area (Å²) >= 11 is 0. The zero-order chi connectivity index (χ0) is 42.2. The van der Waals surface area contributed by atoms with Crippen LogP contribution in [0, 0.1) is 0 Å². The van der Waals surface area contributed by atoms with Gasteiger partial charge in [-0.1, -0.05) is 182 Å². The van der Waals surface area contributed by atoms with E-state index in [-0.39, 0.29) is 0 Å². The molecule has 0 atom stereocenters. The molecule has 3 nitrogen and oxygen atoms in total. The quantitative estimate of drug-likeness (QED) is 0.156. The molecule has 1 aliphatic heterocycles. The highest BCUT2D eigenvalue weighted by molar-refractivity contribution is 6.25. The molecule has 64 heavy (non-hydrogen) atoms. The van der Waals surface area contributed by atoms with Gasteiger partial charge in [-0.25, -0.2) is 0 Å². The van der Waals surface area contributed by atoms with E-state index in [0.717, 1.165) is 39.5 Å². The van der Waals surface area contributed by atoms with E-state index >= 15 is 0 Å². The summed E-state index contributed by atoms with van der Waals surface area (Å²) in [7, 11) is 0. The predicted molar refractivity (Wildman–Crippen MR) is 263 cm³/mol. The van der Waals surface area contributed by atoms with Crippen LogP contribution in [0.4, 0.5) is 17.1 Å². The predicted octanol–water partition coefficient (Wildman–Crippen LogP) is 16.5. The molecule has 0 spiro atoms. The van der Waals surface area contributed by atoms with E-state index in [4.69, 9.17) is 9.47 Å². The molecule has 0 N–H and O–H groups in total. The second-order valence-electron chi connectivity index (χ2n) is 16.7. The molecule has 3 heteroatoms. The van der Waals surface area contributed by atoms with Gasteiger partial charge in [-0.2, -0.15) is 0 Å². The van der Waals surface area contributed by atoms with Gasteiger partial charge in [0.15, 0.2) is 23.0 Å². The summed E-state index contributed by atoms with van der Waals surface area (Å²) in [4.78, 5) is 2.42. The lowest BCUT2D eigenvalue weighted by atomic mass is 9.67. The first-order valence-corrected chi connectivity index (χ1v) is 21.9. The van der Waals surface area contributed by atoms with Gasteiger partial charge in [0.05, 0.1) is 5.41 Å². The lowest BCUT2D eigenvalue weighted by molar-refractivity contribution is 0.360. The summed E-state index contributed by atoms with van der Waals surface area (Å²) in [5, 5.41) is 7.47. The van der Waals surface area contributed by atoms with Gasteiger partial charge in [0.25, 0.3) is 0 Å².